The number of phenolic OH excluding ortho intramolecular Hbond substituents is 1. The highest BCUT2D eigenvalue weighted by molar-refractivity contribution is 6.09. The Morgan fingerprint density at radius 1 is 1.20 bits per heavy atom. The van der Waals surface area contributed by atoms with E-state index in [2.05, 4.69) is 5.32 Å². The number of phenols is 1. The van der Waals surface area contributed by atoms with Gasteiger partial charge >= 0.3 is 5.97 Å². The van der Waals surface area contributed by atoms with Crippen molar-refractivity contribution in [1.29, 1.82) is 0 Å². The summed E-state index contributed by atoms with van der Waals surface area (Å²) in [6.45, 7) is 3.80. The highest BCUT2D eigenvalue weighted by Gasteiger charge is 2.69. The van der Waals surface area contributed by atoms with Crippen molar-refractivity contribution in [1.82, 2.24) is 10.2 Å². The van der Waals surface area contributed by atoms with Crippen LogP contribution in [0.25, 0.3) is 0 Å². The summed E-state index contributed by atoms with van der Waals surface area (Å²) in [6, 6.07) is 9.20. The number of rotatable bonds is 6. The molecule has 0 spiro atoms. The lowest BCUT2D eigenvalue weighted by atomic mass is 9.76. The second-order valence-electron chi connectivity index (χ2n) is 7.60. The Labute approximate surface area is 173 Å². The first kappa shape index (κ1) is 20.2. The average Bonchev–Trinajstić information content (AvgIpc) is 3.42. The SMILES string of the molecule is CCOC(=O)[C@]1(Cc2ccc(O)cc2)N[C@@H](c2ccco2)[C@H]2C(=O)N(CC)C(=O)[C@H]21. The fourth-order valence-electron chi connectivity index (χ4n) is 4.70. The molecule has 2 aromatic rings. The Hall–Kier alpha value is -3.13. The molecule has 0 aliphatic carbocycles. The van der Waals surface area contributed by atoms with Crippen molar-refractivity contribution in [2.75, 3.05) is 13.2 Å². The third kappa shape index (κ3) is 2.99. The molecule has 2 aliphatic heterocycles. The van der Waals surface area contributed by atoms with Gasteiger partial charge in [0.1, 0.15) is 17.0 Å². The van der Waals surface area contributed by atoms with Gasteiger partial charge < -0.3 is 14.3 Å². The molecule has 0 radical (unpaired) electrons. The number of nitrogens with zero attached hydrogens (tertiary/aromatic N) is 1. The van der Waals surface area contributed by atoms with Crippen LogP contribution in [0.3, 0.4) is 0 Å². The monoisotopic (exact) mass is 412 g/mol. The normalized spacial score (nSPS) is 28.1. The van der Waals surface area contributed by atoms with Crippen LogP contribution in [0.1, 0.15) is 31.2 Å². The van der Waals surface area contributed by atoms with Crippen LogP contribution in [0.2, 0.25) is 0 Å². The van der Waals surface area contributed by atoms with E-state index in [1.54, 1.807) is 38.1 Å². The largest absolute Gasteiger partial charge is 0.508 e. The van der Waals surface area contributed by atoms with Gasteiger partial charge in [0.25, 0.3) is 0 Å². The minimum atomic E-state index is -1.44. The average molecular weight is 412 g/mol. The van der Waals surface area contributed by atoms with Crippen molar-refractivity contribution < 1.29 is 28.6 Å². The maximum atomic E-state index is 13.3. The summed E-state index contributed by atoms with van der Waals surface area (Å²) in [5, 5.41) is 12.9. The molecule has 8 nitrogen and oxygen atoms in total. The van der Waals surface area contributed by atoms with Gasteiger partial charge in [0.2, 0.25) is 11.8 Å². The molecule has 8 heteroatoms. The van der Waals surface area contributed by atoms with E-state index in [4.69, 9.17) is 9.15 Å². The van der Waals surface area contributed by atoms with Gasteiger partial charge in [-0.15, -0.1) is 0 Å². The van der Waals surface area contributed by atoms with Crippen LogP contribution >= 0.6 is 0 Å². The Morgan fingerprint density at radius 2 is 1.93 bits per heavy atom. The number of nitrogens with one attached hydrogen (secondary N) is 1. The van der Waals surface area contributed by atoms with E-state index in [9.17, 15) is 19.5 Å². The molecule has 2 saturated heterocycles. The fourth-order valence-corrected chi connectivity index (χ4v) is 4.70. The van der Waals surface area contributed by atoms with Gasteiger partial charge in [-0.3, -0.25) is 24.6 Å². The first-order valence-electron chi connectivity index (χ1n) is 10.0. The highest BCUT2D eigenvalue weighted by atomic mass is 16.5. The number of esters is 1. The Morgan fingerprint density at radius 3 is 2.53 bits per heavy atom. The van der Waals surface area contributed by atoms with Gasteiger partial charge in [-0.25, -0.2) is 0 Å². The van der Waals surface area contributed by atoms with Gasteiger partial charge in [0.05, 0.1) is 30.7 Å². The smallest absolute Gasteiger partial charge is 0.327 e. The molecule has 2 aliphatic rings. The summed E-state index contributed by atoms with van der Waals surface area (Å²) in [5.41, 5.74) is -0.714. The third-order valence-corrected chi connectivity index (χ3v) is 5.97. The molecule has 0 bridgehead atoms. The zero-order chi connectivity index (χ0) is 21.5. The molecule has 2 N–H and O–H groups in total. The number of hydrogen-bond donors (Lipinski definition) is 2. The number of hydrogen-bond acceptors (Lipinski definition) is 7. The summed E-state index contributed by atoms with van der Waals surface area (Å²) in [5.74, 6) is -2.40. The number of aromatic hydroxyl groups is 1. The Kier molecular flexibility index (Phi) is 5.11. The first-order chi connectivity index (χ1) is 14.4. The number of imide groups is 1. The number of amides is 2. The van der Waals surface area contributed by atoms with Crippen molar-refractivity contribution in [2.45, 2.75) is 31.8 Å². The molecule has 158 valence electrons. The maximum absolute atomic E-state index is 13.3. The zero-order valence-electron chi connectivity index (χ0n) is 16.8. The molecule has 1 aromatic heterocycles. The predicted molar refractivity (Wildman–Crippen MR) is 105 cm³/mol. The number of carbonyl (C=O) groups is 3. The quantitative estimate of drug-likeness (QED) is 0.550. The summed E-state index contributed by atoms with van der Waals surface area (Å²) < 4.78 is 10.9. The summed E-state index contributed by atoms with van der Waals surface area (Å²) in [6.07, 6.45) is 1.62. The van der Waals surface area contributed by atoms with Crippen LogP contribution in [0, 0.1) is 11.8 Å². The van der Waals surface area contributed by atoms with Crippen molar-refractivity contribution >= 4 is 17.8 Å². The second-order valence-corrected chi connectivity index (χ2v) is 7.60. The van der Waals surface area contributed by atoms with Gasteiger partial charge in [-0.05, 0) is 43.7 Å². The van der Waals surface area contributed by atoms with E-state index in [0.29, 0.717) is 5.76 Å². The van der Waals surface area contributed by atoms with Crippen molar-refractivity contribution in [3.63, 3.8) is 0 Å². The maximum Gasteiger partial charge on any atom is 0.327 e. The van der Waals surface area contributed by atoms with E-state index < -0.39 is 29.4 Å². The van der Waals surface area contributed by atoms with Crippen LogP contribution in [0.4, 0.5) is 0 Å². The van der Waals surface area contributed by atoms with E-state index in [1.807, 2.05) is 0 Å². The lowest BCUT2D eigenvalue weighted by Crippen LogP contribution is -2.58. The van der Waals surface area contributed by atoms with Crippen LogP contribution < -0.4 is 5.32 Å². The molecule has 4 rings (SSSR count). The molecular weight excluding hydrogens is 388 g/mol. The molecular formula is C22H24N2O6. The molecule has 1 aromatic carbocycles. The van der Waals surface area contributed by atoms with Gasteiger partial charge in [-0.2, -0.15) is 0 Å². The fraction of sp³-hybridized carbons (Fsp3) is 0.409. The van der Waals surface area contributed by atoms with Crippen LogP contribution in [0.5, 0.6) is 5.75 Å². The van der Waals surface area contributed by atoms with Gasteiger partial charge in [0.15, 0.2) is 0 Å². The standard InChI is InChI=1S/C22H24N2O6/c1-3-24-19(26)16-17(20(24)27)22(21(28)29-4-2,12-13-7-9-14(25)10-8-13)23-18(16)15-6-5-11-30-15/h5-11,16-18,23,25H,3-4,12H2,1-2H3/t16-,17-,18-,22+/m0/s1. The summed E-state index contributed by atoms with van der Waals surface area (Å²) >= 11 is 0. The van der Waals surface area contributed by atoms with Crippen LogP contribution in [-0.2, 0) is 25.5 Å². The van der Waals surface area contributed by atoms with Gasteiger partial charge in [-0.1, -0.05) is 12.1 Å². The number of furan rings is 1. The predicted octanol–water partition coefficient (Wildman–Crippen LogP) is 1.80. The number of ether oxygens (including phenoxy) is 1. The number of fused-ring (bicyclic) bond motifs is 1. The van der Waals surface area contributed by atoms with Crippen LogP contribution in [-0.4, -0.2) is 46.5 Å². The minimum absolute atomic E-state index is 0.0962. The summed E-state index contributed by atoms with van der Waals surface area (Å²) in [4.78, 5) is 40.9. The summed E-state index contributed by atoms with van der Waals surface area (Å²) in [7, 11) is 0. The van der Waals surface area contributed by atoms with Crippen molar-refractivity contribution in [3.8, 4) is 5.75 Å². The van der Waals surface area contributed by atoms with E-state index >= 15 is 0 Å². The number of benzene rings is 1. The molecule has 0 saturated carbocycles. The number of carbonyl (C=O) groups excluding carboxylic acids is 3. The first-order valence-corrected chi connectivity index (χ1v) is 10.0. The topological polar surface area (TPSA) is 109 Å². The van der Waals surface area contributed by atoms with E-state index in [1.165, 1.54) is 23.3 Å². The van der Waals surface area contributed by atoms with Crippen molar-refractivity contribution in [3.05, 3.63) is 54.0 Å². The molecule has 2 fully saturated rings. The second kappa shape index (κ2) is 7.60. The molecule has 2 amide bonds. The lowest BCUT2D eigenvalue weighted by molar-refractivity contribution is -0.156. The highest BCUT2D eigenvalue weighted by Crippen LogP contribution is 2.50. The Bertz CT molecular complexity index is 955. The minimum Gasteiger partial charge on any atom is -0.508 e. The zero-order valence-corrected chi connectivity index (χ0v) is 16.8. The number of likely N-dealkylation sites (tertiary alicyclic amines) is 1. The Balaban J connectivity index is 1.84. The third-order valence-electron chi connectivity index (χ3n) is 5.97. The van der Waals surface area contributed by atoms with E-state index in [-0.39, 0.29) is 37.1 Å². The van der Waals surface area contributed by atoms with Gasteiger partial charge in [0, 0.05) is 13.0 Å². The molecule has 0 unspecified atom stereocenters. The van der Waals surface area contributed by atoms with E-state index in [0.717, 1.165) is 5.56 Å². The van der Waals surface area contributed by atoms with Crippen LogP contribution in [0.15, 0.2) is 47.1 Å². The van der Waals surface area contributed by atoms with Crippen molar-refractivity contribution in [2.24, 2.45) is 11.8 Å². The molecule has 30 heavy (non-hydrogen) atoms. The lowest BCUT2D eigenvalue weighted by Gasteiger charge is -2.32. The molecule has 4 atom stereocenters. The molecule has 3 heterocycles.